The highest BCUT2D eigenvalue weighted by molar-refractivity contribution is 6.00. The summed E-state index contributed by atoms with van der Waals surface area (Å²) in [5, 5.41) is 7.58. The van der Waals surface area contributed by atoms with Crippen LogP contribution in [0.5, 0.6) is 0 Å². The number of urea groups is 2. The standard InChI is InChI=1S/C27H31F3N4O4/c1-5-6-14-34-17(4)22(24(35)38-16(2)3)23(33-26(34)37)18-10-9-11-19(15-18)31-25(36)32-21-13-8-7-12-20(21)27(28,29)30/h7-13,15-16,23H,5-6,14H2,1-4H3,(H,33,37)(H2,31,32,36). The highest BCUT2D eigenvalue weighted by Crippen LogP contribution is 2.35. The lowest BCUT2D eigenvalue weighted by atomic mass is 9.94. The summed E-state index contributed by atoms with van der Waals surface area (Å²) in [7, 11) is 0. The second kappa shape index (κ2) is 12.0. The summed E-state index contributed by atoms with van der Waals surface area (Å²) < 4.78 is 45.3. The van der Waals surface area contributed by atoms with E-state index in [-0.39, 0.29) is 23.4 Å². The third-order valence-corrected chi connectivity index (χ3v) is 5.85. The molecule has 0 radical (unpaired) electrons. The number of hydrogen-bond acceptors (Lipinski definition) is 4. The predicted molar refractivity (Wildman–Crippen MR) is 137 cm³/mol. The zero-order chi connectivity index (χ0) is 28.0. The van der Waals surface area contributed by atoms with Crippen LogP contribution in [0.1, 0.15) is 57.7 Å². The van der Waals surface area contributed by atoms with Crippen LogP contribution in [0.25, 0.3) is 0 Å². The number of esters is 1. The first-order valence-corrected chi connectivity index (χ1v) is 12.3. The van der Waals surface area contributed by atoms with Gasteiger partial charge in [0.2, 0.25) is 0 Å². The van der Waals surface area contributed by atoms with Gasteiger partial charge in [-0.2, -0.15) is 13.2 Å². The molecule has 2 aromatic carbocycles. The van der Waals surface area contributed by atoms with Crippen LogP contribution in [-0.2, 0) is 15.7 Å². The molecule has 204 valence electrons. The molecule has 3 N–H and O–H groups in total. The number of alkyl halides is 3. The van der Waals surface area contributed by atoms with Crippen molar-refractivity contribution in [1.29, 1.82) is 0 Å². The number of carbonyl (C=O) groups excluding carboxylic acids is 3. The maximum Gasteiger partial charge on any atom is 0.418 e. The number of nitrogens with zero attached hydrogens (tertiary/aromatic N) is 1. The summed E-state index contributed by atoms with van der Waals surface area (Å²) in [6.07, 6.45) is -3.43. The fourth-order valence-electron chi connectivity index (χ4n) is 4.08. The molecule has 1 aliphatic rings. The Labute approximate surface area is 219 Å². The normalized spacial score (nSPS) is 15.8. The fourth-order valence-corrected chi connectivity index (χ4v) is 4.08. The quantitative estimate of drug-likeness (QED) is 0.341. The molecule has 11 heteroatoms. The molecule has 0 spiro atoms. The molecule has 0 bridgehead atoms. The van der Waals surface area contributed by atoms with Crippen molar-refractivity contribution in [2.24, 2.45) is 0 Å². The van der Waals surface area contributed by atoms with E-state index >= 15 is 0 Å². The summed E-state index contributed by atoms with van der Waals surface area (Å²) in [6, 6.07) is 8.88. The van der Waals surface area contributed by atoms with Crippen molar-refractivity contribution in [3.8, 4) is 0 Å². The number of carbonyl (C=O) groups is 3. The maximum atomic E-state index is 13.3. The zero-order valence-corrected chi connectivity index (χ0v) is 21.6. The lowest BCUT2D eigenvalue weighted by molar-refractivity contribution is -0.143. The molecule has 38 heavy (non-hydrogen) atoms. The van der Waals surface area contributed by atoms with E-state index < -0.39 is 35.5 Å². The lowest BCUT2D eigenvalue weighted by Gasteiger charge is -2.35. The number of para-hydroxylation sites is 1. The number of halogens is 3. The molecule has 0 saturated carbocycles. The second-order valence-corrected chi connectivity index (χ2v) is 9.09. The van der Waals surface area contributed by atoms with Gasteiger partial charge in [-0.3, -0.25) is 4.90 Å². The third kappa shape index (κ3) is 6.84. The molecule has 1 heterocycles. The molecule has 3 rings (SSSR count). The van der Waals surface area contributed by atoms with Gasteiger partial charge in [0.15, 0.2) is 0 Å². The molecule has 0 saturated heterocycles. The van der Waals surface area contributed by atoms with Crippen molar-refractivity contribution in [3.63, 3.8) is 0 Å². The molecule has 4 amide bonds. The van der Waals surface area contributed by atoms with Crippen molar-refractivity contribution in [2.75, 3.05) is 17.2 Å². The zero-order valence-electron chi connectivity index (χ0n) is 21.6. The van der Waals surface area contributed by atoms with Gasteiger partial charge in [-0.25, -0.2) is 14.4 Å². The minimum Gasteiger partial charge on any atom is -0.459 e. The number of nitrogens with one attached hydrogen (secondary N) is 3. The predicted octanol–water partition coefficient (Wildman–Crippen LogP) is 6.44. The maximum absolute atomic E-state index is 13.3. The molecular weight excluding hydrogens is 501 g/mol. The SMILES string of the molecule is CCCCN1C(=O)NC(c2cccc(NC(=O)Nc3ccccc3C(F)(F)F)c2)C(C(=O)OC(C)C)=C1C. The number of ether oxygens (including phenoxy) is 1. The van der Waals surface area contributed by atoms with Crippen LogP contribution in [0, 0.1) is 0 Å². The lowest BCUT2D eigenvalue weighted by Crippen LogP contribution is -2.48. The molecule has 8 nitrogen and oxygen atoms in total. The van der Waals surface area contributed by atoms with E-state index in [9.17, 15) is 27.6 Å². The number of hydrogen-bond donors (Lipinski definition) is 3. The van der Waals surface area contributed by atoms with Crippen LogP contribution >= 0.6 is 0 Å². The Hall–Kier alpha value is -4.02. The molecule has 0 aliphatic carbocycles. The van der Waals surface area contributed by atoms with Crippen LogP contribution in [0.15, 0.2) is 59.8 Å². The Morgan fingerprint density at radius 2 is 1.82 bits per heavy atom. The Morgan fingerprint density at radius 3 is 2.47 bits per heavy atom. The van der Waals surface area contributed by atoms with Gasteiger partial charge >= 0.3 is 24.2 Å². The molecular formula is C27H31F3N4O4. The van der Waals surface area contributed by atoms with Crippen molar-refractivity contribution >= 4 is 29.4 Å². The first-order valence-electron chi connectivity index (χ1n) is 12.3. The summed E-state index contributed by atoms with van der Waals surface area (Å²) in [5.74, 6) is -0.580. The Balaban J connectivity index is 1.89. The summed E-state index contributed by atoms with van der Waals surface area (Å²) >= 11 is 0. The van der Waals surface area contributed by atoms with Crippen LogP contribution in [-0.4, -0.2) is 35.6 Å². The molecule has 0 fully saturated rings. The van der Waals surface area contributed by atoms with Gasteiger partial charge in [-0.05, 0) is 57.0 Å². The van der Waals surface area contributed by atoms with Gasteiger partial charge in [0, 0.05) is 17.9 Å². The van der Waals surface area contributed by atoms with Gasteiger partial charge in [0.1, 0.15) is 0 Å². The Kier molecular flexibility index (Phi) is 9.03. The minimum atomic E-state index is -4.64. The minimum absolute atomic E-state index is 0.251. The fraction of sp³-hybridized carbons (Fsp3) is 0.370. The topological polar surface area (TPSA) is 99.8 Å². The summed E-state index contributed by atoms with van der Waals surface area (Å²) in [5.41, 5.74) is 0.0965. The van der Waals surface area contributed by atoms with Crippen LogP contribution in [0.3, 0.4) is 0 Å². The monoisotopic (exact) mass is 532 g/mol. The first kappa shape index (κ1) is 28.5. The second-order valence-electron chi connectivity index (χ2n) is 9.09. The van der Waals surface area contributed by atoms with E-state index in [1.165, 1.54) is 23.1 Å². The Morgan fingerprint density at radius 1 is 1.11 bits per heavy atom. The Bertz CT molecular complexity index is 1230. The average Bonchev–Trinajstić information content (AvgIpc) is 2.82. The highest BCUT2D eigenvalue weighted by atomic mass is 19.4. The number of allylic oxidation sites excluding steroid dienone is 1. The van der Waals surface area contributed by atoms with Gasteiger partial charge in [0.25, 0.3) is 0 Å². The summed E-state index contributed by atoms with van der Waals surface area (Å²) in [6.45, 7) is 7.55. The highest BCUT2D eigenvalue weighted by Gasteiger charge is 2.37. The van der Waals surface area contributed by atoms with E-state index in [1.54, 1.807) is 39.0 Å². The van der Waals surface area contributed by atoms with E-state index in [2.05, 4.69) is 16.0 Å². The van der Waals surface area contributed by atoms with Crippen molar-refractivity contribution < 1.29 is 32.3 Å². The molecule has 0 aromatic heterocycles. The molecule has 1 atom stereocenters. The summed E-state index contributed by atoms with van der Waals surface area (Å²) in [4.78, 5) is 40.0. The molecule has 1 unspecified atom stereocenters. The third-order valence-electron chi connectivity index (χ3n) is 5.85. The molecule has 2 aromatic rings. The number of rotatable bonds is 8. The van der Waals surface area contributed by atoms with Crippen molar-refractivity contribution in [1.82, 2.24) is 10.2 Å². The van der Waals surface area contributed by atoms with Gasteiger partial charge in [-0.15, -0.1) is 0 Å². The van der Waals surface area contributed by atoms with Crippen LogP contribution in [0.4, 0.5) is 34.1 Å². The van der Waals surface area contributed by atoms with Crippen molar-refractivity contribution in [2.45, 2.75) is 58.9 Å². The number of benzene rings is 2. The van der Waals surface area contributed by atoms with E-state index in [0.29, 0.717) is 17.8 Å². The first-order chi connectivity index (χ1) is 17.9. The number of unbranched alkanes of at least 4 members (excludes halogenated alkanes) is 1. The van der Waals surface area contributed by atoms with E-state index in [0.717, 1.165) is 25.0 Å². The van der Waals surface area contributed by atoms with Crippen LogP contribution in [0.2, 0.25) is 0 Å². The van der Waals surface area contributed by atoms with Gasteiger partial charge < -0.3 is 20.7 Å². The van der Waals surface area contributed by atoms with E-state index in [4.69, 9.17) is 4.74 Å². The van der Waals surface area contributed by atoms with Crippen LogP contribution < -0.4 is 16.0 Å². The average molecular weight is 533 g/mol. The van der Waals surface area contributed by atoms with E-state index in [1.807, 2.05) is 6.92 Å². The number of anilines is 2. The van der Waals surface area contributed by atoms with Gasteiger partial charge in [0.05, 0.1) is 29.0 Å². The molecule has 1 aliphatic heterocycles. The number of amides is 4. The largest absolute Gasteiger partial charge is 0.459 e. The van der Waals surface area contributed by atoms with Gasteiger partial charge in [-0.1, -0.05) is 37.6 Å². The smallest absolute Gasteiger partial charge is 0.418 e. The van der Waals surface area contributed by atoms with Crippen molar-refractivity contribution in [3.05, 3.63) is 70.9 Å².